The molecule has 0 aliphatic heterocycles. The first kappa shape index (κ1) is 23.2. The van der Waals surface area contributed by atoms with Gasteiger partial charge in [-0.2, -0.15) is 0 Å². The van der Waals surface area contributed by atoms with E-state index in [1.807, 2.05) is 35.2 Å². The Balaban J connectivity index is 1.52. The second-order valence-corrected chi connectivity index (χ2v) is 7.80. The lowest BCUT2D eigenvalue weighted by Gasteiger charge is -2.22. The second kappa shape index (κ2) is 10.8. The molecule has 2 aromatic carbocycles. The number of hydrogen-bond donors (Lipinski definition) is 2. The molecule has 2 heterocycles. The lowest BCUT2D eigenvalue weighted by atomic mass is 9.82. The standard InChI is InChI=1S/C25H22BFN4O3/c27-22-9-6-18(7-10-22)12-24(32)20-13-29-25(30-14-20)31(16-19-4-2-1-3-5-19)17-23-11-8-21(15-28-23)26(33)34/h1-11,13-15,33-34H,12,16-17H2. The summed E-state index contributed by atoms with van der Waals surface area (Å²) in [6.07, 6.45) is 4.53. The van der Waals surface area contributed by atoms with Crippen LogP contribution < -0.4 is 10.4 Å². The van der Waals surface area contributed by atoms with Crippen LogP contribution in [0, 0.1) is 5.82 Å². The first-order valence-corrected chi connectivity index (χ1v) is 10.7. The van der Waals surface area contributed by atoms with Crippen LogP contribution in [0.3, 0.4) is 0 Å². The highest BCUT2D eigenvalue weighted by atomic mass is 19.1. The molecule has 0 amide bonds. The van der Waals surface area contributed by atoms with Crippen LogP contribution in [-0.2, 0) is 19.5 Å². The third kappa shape index (κ3) is 6.09. The van der Waals surface area contributed by atoms with Crippen molar-refractivity contribution in [3.8, 4) is 0 Å². The summed E-state index contributed by atoms with van der Waals surface area (Å²) in [6.45, 7) is 0.884. The molecular weight excluding hydrogens is 434 g/mol. The lowest BCUT2D eigenvalue weighted by molar-refractivity contribution is 0.0992. The first-order chi connectivity index (χ1) is 16.5. The highest BCUT2D eigenvalue weighted by Crippen LogP contribution is 2.16. The molecule has 4 rings (SSSR count). The fourth-order valence-corrected chi connectivity index (χ4v) is 3.40. The van der Waals surface area contributed by atoms with Crippen LogP contribution >= 0.6 is 0 Å². The maximum atomic E-state index is 13.1. The fraction of sp³-hybridized carbons (Fsp3) is 0.120. The molecule has 170 valence electrons. The average Bonchev–Trinajstić information content (AvgIpc) is 2.86. The van der Waals surface area contributed by atoms with E-state index < -0.39 is 7.12 Å². The van der Waals surface area contributed by atoms with Crippen LogP contribution in [0.2, 0.25) is 0 Å². The van der Waals surface area contributed by atoms with Gasteiger partial charge in [0.05, 0.1) is 17.8 Å². The van der Waals surface area contributed by atoms with E-state index in [1.54, 1.807) is 24.3 Å². The number of hydrogen-bond acceptors (Lipinski definition) is 7. The van der Waals surface area contributed by atoms with Crippen LogP contribution in [0.25, 0.3) is 0 Å². The summed E-state index contributed by atoms with van der Waals surface area (Å²) in [5.74, 6) is -0.0816. The maximum absolute atomic E-state index is 13.1. The molecule has 0 aliphatic carbocycles. The van der Waals surface area contributed by atoms with E-state index in [1.165, 1.54) is 30.7 Å². The van der Waals surface area contributed by atoms with Crippen molar-refractivity contribution in [1.29, 1.82) is 0 Å². The van der Waals surface area contributed by atoms with Crippen molar-refractivity contribution < 1.29 is 19.2 Å². The molecule has 0 unspecified atom stereocenters. The molecule has 0 fully saturated rings. The SMILES string of the molecule is O=C(Cc1ccc(F)cc1)c1cnc(N(Cc2ccccc2)Cc2ccc(B(O)O)cn2)nc1. The number of carbonyl (C=O) groups excluding carboxylic acids is 1. The molecule has 0 bridgehead atoms. The van der Waals surface area contributed by atoms with E-state index in [4.69, 9.17) is 0 Å². The van der Waals surface area contributed by atoms with Gasteiger partial charge in [-0.15, -0.1) is 0 Å². The van der Waals surface area contributed by atoms with Crippen molar-refractivity contribution in [3.05, 3.63) is 114 Å². The Morgan fingerprint density at radius 2 is 1.53 bits per heavy atom. The number of anilines is 1. The molecule has 0 saturated carbocycles. The number of carbonyl (C=O) groups is 1. The van der Waals surface area contributed by atoms with E-state index in [0.29, 0.717) is 41.3 Å². The van der Waals surface area contributed by atoms with E-state index in [9.17, 15) is 19.2 Å². The third-order valence-electron chi connectivity index (χ3n) is 5.24. The summed E-state index contributed by atoms with van der Waals surface area (Å²) in [6, 6.07) is 18.9. The van der Waals surface area contributed by atoms with Crippen LogP contribution in [-0.4, -0.2) is 37.9 Å². The van der Waals surface area contributed by atoms with Gasteiger partial charge in [-0.3, -0.25) is 9.78 Å². The van der Waals surface area contributed by atoms with Crippen LogP contribution in [0.1, 0.15) is 27.2 Å². The number of pyridine rings is 1. The maximum Gasteiger partial charge on any atom is 0.490 e. The van der Waals surface area contributed by atoms with Crippen molar-refractivity contribution in [2.45, 2.75) is 19.5 Å². The molecular formula is C25H22BFN4O3. The van der Waals surface area contributed by atoms with Gasteiger partial charge in [0.25, 0.3) is 0 Å². The normalized spacial score (nSPS) is 10.7. The molecule has 7 nitrogen and oxygen atoms in total. The smallest absolute Gasteiger partial charge is 0.423 e. The van der Waals surface area contributed by atoms with Crippen molar-refractivity contribution in [2.75, 3.05) is 4.90 Å². The molecule has 34 heavy (non-hydrogen) atoms. The summed E-state index contributed by atoms with van der Waals surface area (Å²) in [5.41, 5.74) is 3.12. The summed E-state index contributed by atoms with van der Waals surface area (Å²) in [4.78, 5) is 27.7. The molecule has 2 aromatic heterocycles. The fourth-order valence-electron chi connectivity index (χ4n) is 3.40. The van der Waals surface area contributed by atoms with Crippen molar-refractivity contribution >= 4 is 24.3 Å². The number of benzene rings is 2. The number of Topliss-reactive ketones (excluding diaryl/α,β-unsaturated/α-hetero) is 1. The molecule has 0 spiro atoms. The predicted octanol–water partition coefficient (Wildman–Crippen LogP) is 2.32. The molecule has 0 radical (unpaired) electrons. The highest BCUT2D eigenvalue weighted by Gasteiger charge is 2.16. The Bertz CT molecular complexity index is 1220. The van der Waals surface area contributed by atoms with Gasteiger partial charge in [-0.05, 0) is 29.3 Å². The number of ketones is 1. The van der Waals surface area contributed by atoms with Crippen LogP contribution in [0.4, 0.5) is 10.3 Å². The van der Waals surface area contributed by atoms with Gasteiger partial charge in [-0.25, -0.2) is 14.4 Å². The quantitative estimate of drug-likeness (QED) is 0.295. The summed E-state index contributed by atoms with van der Waals surface area (Å²) in [5, 5.41) is 18.6. The number of aromatic nitrogens is 3. The Morgan fingerprint density at radius 1 is 0.824 bits per heavy atom. The van der Waals surface area contributed by atoms with E-state index >= 15 is 0 Å². The topological polar surface area (TPSA) is 99.4 Å². The van der Waals surface area contributed by atoms with Gasteiger partial charge in [0.2, 0.25) is 5.95 Å². The summed E-state index contributed by atoms with van der Waals surface area (Å²) in [7, 11) is -1.58. The van der Waals surface area contributed by atoms with Gasteiger partial charge in [-0.1, -0.05) is 48.5 Å². The Hall–Kier alpha value is -3.95. The zero-order valence-corrected chi connectivity index (χ0v) is 18.3. The lowest BCUT2D eigenvalue weighted by Crippen LogP contribution is -2.31. The van der Waals surface area contributed by atoms with E-state index in [-0.39, 0.29) is 18.0 Å². The van der Waals surface area contributed by atoms with Gasteiger partial charge < -0.3 is 14.9 Å². The van der Waals surface area contributed by atoms with Gasteiger partial charge in [0, 0.05) is 37.0 Å². The molecule has 9 heteroatoms. The van der Waals surface area contributed by atoms with Gasteiger partial charge in [0.1, 0.15) is 5.82 Å². The van der Waals surface area contributed by atoms with Crippen molar-refractivity contribution in [3.63, 3.8) is 0 Å². The van der Waals surface area contributed by atoms with Crippen LogP contribution in [0.5, 0.6) is 0 Å². The Labute approximate surface area is 196 Å². The number of halogens is 1. The Kier molecular flexibility index (Phi) is 7.36. The average molecular weight is 456 g/mol. The minimum Gasteiger partial charge on any atom is -0.423 e. The number of rotatable bonds is 9. The van der Waals surface area contributed by atoms with Gasteiger partial charge in [0.15, 0.2) is 5.78 Å². The molecule has 0 aliphatic rings. The molecule has 2 N–H and O–H groups in total. The minimum atomic E-state index is -1.58. The van der Waals surface area contributed by atoms with Gasteiger partial charge >= 0.3 is 7.12 Å². The summed E-state index contributed by atoms with van der Waals surface area (Å²) < 4.78 is 13.1. The van der Waals surface area contributed by atoms with Crippen LogP contribution in [0.15, 0.2) is 85.3 Å². The highest BCUT2D eigenvalue weighted by molar-refractivity contribution is 6.58. The molecule has 0 saturated heterocycles. The predicted molar refractivity (Wildman–Crippen MR) is 127 cm³/mol. The van der Waals surface area contributed by atoms with Crippen molar-refractivity contribution in [2.24, 2.45) is 0 Å². The zero-order chi connectivity index (χ0) is 23.9. The molecule has 0 atom stereocenters. The first-order valence-electron chi connectivity index (χ1n) is 10.7. The largest absolute Gasteiger partial charge is 0.490 e. The van der Waals surface area contributed by atoms with E-state index in [0.717, 1.165) is 5.56 Å². The monoisotopic (exact) mass is 456 g/mol. The van der Waals surface area contributed by atoms with E-state index in [2.05, 4.69) is 15.0 Å². The third-order valence-corrected chi connectivity index (χ3v) is 5.24. The Morgan fingerprint density at radius 3 is 2.15 bits per heavy atom. The minimum absolute atomic E-state index is 0.129. The zero-order valence-electron chi connectivity index (χ0n) is 18.3. The second-order valence-electron chi connectivity index (χ2n) is 7.80. The molecule has 4 aromatic rings. The number of nitrogens with zero attached hydrogens (tertiary/aromatic N) is 4. The summed E-state index contributed by atoms with van der Waals surface area (Å²) >= 11 is 0. The van der Waals surface area contributed by atoms with Crippen molar-refractivity contribution in [1.82, 2.24) is 15.0 Å².